The molecule has 0 aromatic rings. The highest BCUT2D eigenvalue weighted by Crippen LogP contribution is 2.45. The van der Waals surface area contributed by atoms with Crippen LogP contribution in [-0.4, -0.2) is 95.9 Å². The third kappa shape index (κ3) is 68.2. The van der Waals surface area contributed by atoms with Gasteiger partial charge in [-0.25, -0.2) is 9.13 Å². The zero-order chi connectivity index (χ0) is 66.7. The Hall–Kier alpha value is -3.01. The molecule has 0 spiro atoms. The largest absolute Gasteiger partial charge is 0.472 e. The maximum absolute atomic E-state index is 12.9. The van der Waals surface area contributed by atoms with E-state index in [-0.39, 0.29) is 19.3 Å². The monoisotopic (exact) mass is 1330 g/mol. The van der Waals surface area contributed by atoms with Gasteiger partial charge < -0.3 is 34.2 Å². The summed E-state index contributed by atoms with van der Waals surface area (Å²) >= 11 is 0. The van der Waals surface area contributed by atoms with Crippen molar-refractivity contribution in [2.24, 2.45) is 0 Å². The lowest BCUT2D eigenvalue weighted by atomic mass is 10.0. The first-order chi connectivity index (χ1) is 44.2. The topological polar surface area (TPSA) is 231 Å². The van der Waals surface area contributed by atoms with Crippen molar-refractivity contribution in [2.75, 3.05) is 39.6 Å². The maximum Gasteiger partial charge on any atom is 0.472 e. The Morgan fingerprint density at radius 1 is 0.308 bits per heavy atom. The Morgan fingerprint density at radius 3 is 0.934 bits per heavy atom. The van der Waals surface area contributed by atoms with Crippen LogP contribution in [0.1, 0.15) is 316 Å². The number of allylic oxidation sites excluding steroid dienone is 12. The molecule has 0 saturated carbocycles. The number of carbonyl (C=O) groups excluding carboxylic acids is 3. The molecule has 16 nitrogen and oxygen atoms in total. The molecule has 0 rings (SSSR count). The minimum atomic E-state index is -4.92. The lowest BCUT2D eigenvalue weighted by Gasteiger charge is -2.21. The van der Waals surface area contributed by atoms with Crippen LogP contribution in [0.25, 0.3) is 0 Å². The van der Waals surface area contributed by atoms with E-state index in [9.17, 15) is 43.5 Å². The van der Waals surface area contributed by atoms with Gasteiger partial charge in [-0.3, -0.25) is 32.5 Å². The van der Waals surface area contributed by atoms with E-state index in [0.29, 0.717) is 19.3 Å². The zero-order valence-corrected chi connectivity index (χ0v) is 59.3. The average Bonchev–Trinajstić information content (AvgIpc) is 3.65. The van der Waals surface area contributed by atoms with Gasteiger partial charge in [-0.05, 0) is 109 Å². The molecule has 0 aromatic carbocycles. The van der Waals surface area contributed by atoms with Crippen molar-refractivity contribution in [3.63, 3.8) is 0 Å². The first-order valence-electron chi connectivity index (χ1n) is 36.2. The van der Waals surface area contributed by atoms with Crippen LogP contribution in [0.15, 0.2) is 72.9 Å². The molecule has 0 bridgehead atoms. The van der Waals surface area contributed by atoms with E-state index >= 15 is 0 Å². The van der Waals surface area contributed by atoms with Gasteiger partial charge in [-0.1, -0.05) is 261 Å². The first kappa shape index (κ1) is 88.0. The first-order valence-corrected chi connectivity index (χ1v) is 39.2. The van der Waals surface area contributed by atoms with Crippen LogP contribution in [-0.2, 0) is 55.8 Å². The third-order valence-electron chi connectivity index (χ3n) is 15.4. The number of aliphatic hydroxyl groups is 2. The van der Waals surface area contributed by atoms with Crippen molar-refractivity contribution in [1.29, 1.82) is 0 Å². The van der Waals surface area contributed by atoms with Gasteiger partial charge in [-0.15, -0.1) is 0 Å². The Kier molecular flexibility index (Phi) is 64.8. The number of rotatable bonds is 69. The van der Waals surface area contributed by atoms with Crippen molar-refractivity contribution in [1.82, 2.24) is 0 Å². The minimum Gasteiger partial charge on any atom is -0.463 e. The summed E-state index contributed by atoms with van der Waals surface area (Å²) < 4.78 is 60.8. The standard InChI is InChI=1S/C73H132O16P2/c1-4-7-10-13-16-19-22-24-26-27-28-29-30-31-32-33-34-35-36-37-38-39-41-43-45-47-50-53-56-59-71(76)83-62-68(74)63-85-90(79,80)86-64-69(75)65-87-91(81,82)88-67-70(89-73(78)61-58-55-52-49-44-21-18-15-12-9-6-3)66-84-72(77)60-57-54-51-48-46-42-40-25-23-20-17-14-11-8-5-2/h15-16,18-19,24-26,28-29,31-32,40,68-70,74-75H,4-14,17,20-23,27,30,33-39,41-67H2,1-3H3,(H,79,80)(H,81,82)/b18-15-,19-16-,26-24-,29-28-,32-31-,40-25-. The second kappa shape index (κ2) is 67.0. The number of ether oxygens (including phenoxy) is 3. The number of hydrogen-bond donors (Lipinski definition) is 4. The molecule has 5 unspecified atom stereocenters. The van der Waals surface area contributed by atoms with E-state index in [1.165, 1.54) is 135 Å². The van der Waals surface area contributed by atoms with E-state index in [4.69, 9.17) is 32.3 Å². The van der Waals surface area contributed by atoms with Crippen molar-refractivity contribution in [3.8, 4) is 0 Å². The van der Waals surface area contributed by atoms with Crippen LogP contribution in [0, 0.1) is 0 Å². The molecule has 0 radical (unpaired) electrons. The fourth-order valence-electron chi connectivity index (χ4n) is 9.77. The Balaban J connectivity index is 4.39. The molecule has 0 aliphatic carbocycles. The van der Waals surface area contributed by atoms with Crippen molar-refractivity contribution < 1.29 is 75.8 Å². The van der Waals surface area contributed by atoms with Gasteiger partial charge in [0.05, 0.1) is 26.4 Å². The summed E-state index contributed by atoms with van der Waals surface area (Å²) in [6.07, 6.45) is 71.2. The van der Waals surface area contributed by atoms with Crippen LogP contribution in [0.5, 0.6) is 0 Å². The fraction of sp³-hybridized carbons (Fsp3) is 0.795. The molecule has 0 aromatic heterocycles. The molecule has 0 heterocycles. The van der Waals surface area contributed by atoms with E-state index < -0.39 is 91.5 Å². The van der Waals surface area contributed by atoms with Gasteiger partial charge in [0.2, 0.25) is 0 Å². The van der Waals surface area contributed by atoms with Crippen LogP contribution in [0.3, 0.4) is 0 Å². The summed E-state index contributed by atoms with van der Waals surface area (Å²) in [6, 6.07) is 0. The number of aliphatic hydroxyl groups excluding tert-OH is 2. The number of hydrogen-bond acceptors (Lipinski definition) is 14. The van der Waals surface area contributed by atoms with E-state index in [2.05, 4.69) is 93.7 Å². The summed E-state index contributed by atoms with van der Waals surface area (Å²) in [7, 11) is -9.77. The van der Waals surface area contributed by atoms with Crippen LogP contribution in [0.4, 0.5) is 0 Å². The predicted octanol–water partition coefficient (Wildman–Crippen LogP) is 20.3. The van der Waals surface area contributed by atoms with Gasteiger partial charge in [0, 0.05) is 19.3 Å². The Bertz CT molecular complexity index is 1950. The highest BCUT2D eigenvalue weighted by Gasteiger charge is 2.29. The normalized spacial score (nSPS) is 14.6. The number of phosphoric acid groups is 2. The lowest BCUT2D eigenvalue weighted by Crippen LogP contribution is -2.30. The number of esters is 3. The molecule has 0 saturated heterocycles. The summed E-state index contributed by atoms with van der Waals surface area (Å²) in [6.45, 7) is 2.60. The van der Waals surface area contributed by atoms with Gasteiger partial charge in [0.25, 0.3) is 0 Å². The van der Waals surface area contributed by atoms with Gasteiger partial charge in [-0.2, -0.15) is 0 Å². The molecule has 0 fully saturated rings. The molecule has 18 heteroatoms. The summed E-state index contributed by atoms with van der Waals surface area (Å²) in [5.41, 5.74) is 0. The molecule has 4 N–H and O–H groups in total. The van der Waals surface area contributed by atoms with Gasteiger partial charge >= 0.3 is 33.6 Å². The van der Waals surface area contributed by atoms with E-state index in [1.54, 1.807) is 0 Å². The summed E-state index contributed by atoms with van der Waals surface area (Å²) in [5.74, 6) is -1.59. The van der Waals surface area contributed by atoms with Crippen molar-refractivity contribution in [3.05, 3.63) is 72.9 Å². The average molecular weight is 1330 g/mol. The number of carbonyl (C=O) groups is 3. The highest BCUT2D eigenvalue weighted by atomic mass is 31.2. The second-order valence-electron chi connectivity index (χ2n) is 24.4. The van der Waals surface area contributed by atoms with Crippen molar-refractivity contribution in [2.45, 2.75) is 334 Å². The number of unbranched alkanes of at least 4 members (excludes halogenated alkanes) is 34. The SMILES string of the molecule is CCCC/C=C\CCCCCCCC(=O)OC(COC(=O)CCCCCCC/C=C\CCCCCCCC)COP(=O)(O)OCC(O)COP(=O)(O)OCC(O)COC(=O)CCCCCCCCCCCCCCC/C=C\C/C=C\C/C=C\C/C=C\CCCCC. The number of phosphoric ester groups is 2. The molecular weight excluding hydrogens is 1190 g/mol. The van der Waals surface area contributed by atoms with Gasteiger partial charge in [0.1, 0.15) is 25.4 Å². The van der Waals surface area contributed by atoms with Crippen LogP contribution in [0.2, 0.25) is 0 Å². The van der Waals surface area contributed by atoms with E-state index in [0.717, 1.165) is 122 Å². The van der Waals surface area contributed by atoms with Crippen LogP contribution >= 0.6 is 15.6 Å². The summed E-state index contributed by atoms with van der Waals surface area (Å²) in [5, 5.41) is 20.6. The molecule has 5 atom stereocenters. The highest BCUT2D eigenvalue weighted by molar-refractivity contribution is 7.47. The molecular formula is C73H132O16P2. The second-order valence-corrected chi connectivity index (χ2v) is 27.3. The Morgan fingerprint density at radius 2 is 0.560 bits per heavy atom. The van der Waals surface area contributed by atoms with Gasteiger partial charge in [0.15, 0.2) is 6.10 Å². The zero-order valence-electron chi connectivity index (χ0n) is 57.5. The lowest BCUT2D eigenvalue weighted by molar-refractivity contribution is -0.161. The fourth-order valence-corrected chi connectivity index (χ4v) is 11.4. The molecule has 0 amide bonds. The quantitative estimate of drug-likeness (QED) is 0.0146. The van der Waals surface area contributed by atoms with Crippen molar-refractivity contribution >= 4 is 33.6 Å². The Labute approximate surface area is 553 Å². The molecule has 0 aliphatic heterocycles. The molecule has 91 heavy (non-hydrogen) atoms. The van der Waals surface area contributed by atoms with Crippen LogP contribution < -0.4 is 0 Å². The smallest absolute Gasteiger partial charge is 0.463 e. The molecule has 530 valence electrons. The summed E-state index contributed by atoms with van der Waals surface area (Å²) in [4.78, 5) is 58.3. The molecule has 0 aliphatic rings. The minimum absolute atomic E-state index is 0.0951. The predicted molar refractivity (Wildman–Crippen MR) is 372 cm³/mol. The maximum atomic E-state index is 12.9. The third-order valence-corrected chi connectivity index (χ3v) is 17.3. The van der Waals surface area contributed by atoms with E-state index in [1.807, 2.05) is 0 Å².